The maximum Gasteiger partial charge on any atom is 0.317 e. The van der Waals surface area contributed by atoms with Gasteiger partial charge < -0.3 is 29.9 Å². The van der Waals surface area contributed by atoms with Crippen molar-refractivity contribution >= 4 is 17.6 Å². The Morgan fingerprint density at radius 3 is 2.96 bits per heavy atom. The molecule has 4 rings (SSSR count). The summed E-state index contributed by atoms with van der Waals surface area (Å²) in [6, 6.07) is 7.85. The van der Waals surface area contributed by atoms with Crippen molar-refractivity contribution in [2.24, 2.45) is 0 Å². The van der Waals surface area contributed by atoms with Gasteiger partial charge in [-0.05, 0) is 25.0 Å². The molecule has 0 spiro atoms. The van der Waals surface area contributed by atoms with Crippen LogP contribution in [0.15, 0.2) is 24.3 Å². The zero-order chi connectivity index (χ0) is 18.8. The van der Waals surface area contributed by atoms with Crippen LogP contribution >= 0.6 is 0 Å². The number of likely N-dealkylation sites (tertiary alicyclic amines) is 1. The number of hydrogen-bond acceptors (Lipinski definition) is 5. The summed E-state index contributed by atoms with van der Waals surface area (Å²) in [7, 11) is 1.67. The van der Waals surface area contributed by atoms with Gasteiger partial charge in [0.15, 0.2) is 0 Å². The van der Waals surface area contributed by atoms with Gasteiger partial charge in [0.1, 0.15) is 12.4 Å². The van der Waals surface area contributed by atoms with E-state index >= 15 is 0 Å². The fraction of sp³-hybridized carbons (Fsp3) is 0.579. The number of benzene rings is 1. The van der Waals surface area contributed by atoms with E-state index in [1.165, 1.54) is 0 Å². The molecule has 3 heterocycles. The number of rotatable bonds is 3. The minimum atomic E-state index is -0.112. The number of para-hydroxylation sites is 2. The molecule has 3 saturated heterocycles. The number of amides is 3. The van der Waals surface area contributed by atoms with Crippen molar-refractivity contribution in [3.63, 3.8) is 0 Å². The summed E-state index contributed by atoms with van der Waals surface area (Å²) < 4.78 is 11.0. The topological polar surface area (TPSA) is 83.1 Å². The van der Waals surface area contributed by atoms with Crippen molar-refractivity contribution in [1.29, 1.82) is 0 Å². The first kappa shape index (κ1) is 17.9. The summed E-state index contributed by atoms with van der Waals surface area (Å²) in [4.78, 5) is 28.2. The second-order valence-electron chi connectivity index (χ2n) is 7.31. The molecule has 3 aliphatic heterocycles. The molecule has 3 fully saturated rings. The third kappa shape index (κ3) is 3.80. The van der Waals surface area contributed by atoms with Crippen molar-refractivity contribution < 1.29 is 19.1 Å². The Kier molecular flexibility index (Phi) is 5.07. The summed E-state index contributed by atoms with van der Waals surface area (Å²) in [6.45, 7) is 2.89. The Labute approximate surface area is 158 Å². The van der Waals surface area contributed by atoms with Crippen molar-refractivity contribution in [2.45, 2.75) is 31.0 Å². The second kappa shape index (κ2) is 7.64. The molecule has 0 bridgehead atoms. The molecule has 3 atom stereocenters. The Balaban J connectivity index is 1.32. The van der Waals surface area contributed by atoms with E-state index in [9.17, 15) is 9.59 Å². The van der Waals surface area contributed by atoms with E-state index in [2.05, 4.69) is 15.5 Å². The number of fused-ring (bicyclic) bond motifs is 1. The third-order valence-corrected chi connectivity index (χ3v) is 5.55. The Morgan fingerprint density at radius 1 is 1.26 bits per heavy atom. The summed E-state index contributed by atoms with van der Waals surface area (Å²) in [6.07, 6.45) is 1.65. The molecule has 3 aliphatic rings. The van der Waals surface area contributed by atoms with Gasteiger partial charge in [-0.2, -0.15) is 0 Å². The molecule has 146 valence electrons. The molecule has 1 unspecified atom stereocenters. The number of anilines is 1. The lowest BCUT2D eigenvalue weighted by molar-refractivity contribution is -0.139. The van der Waals surface area contributed by atoms with Crippen LogP contribution in [0, 0.1) is 0 Å². The number of nitrogens with zero attached hydrogens (tertiary/aromatic N) is 2. The van der Waals surface area contributed by atoms with Gasteiger partial charge in [-0.1, -0.05) is 12.1 Å². The van der Waals surface area contributed by atoms with Gasteiger partial charge in [-0.15, -0.1) is 0 Å². The predicted molar refractivity (Wildman–Crippen MR) is 100 cm³/mol. The van der Waals surface area contributed by atoms with Crippen molar-refractivity contribution in [3.8, 4) is 5.75 Å². The molecule has 0 aliphatic carbocycles. The zero-order valence-corrected chi connectivity index (χ0v) is 15.5. The lowest BCUT2D eigenvalue weighted by Crippen LogP contribution is -2.62. The third-order valence-electron chi connectivity index (χ3n) is 5.55. The average Bonchev–Trinajstić information content (AvgIpc) is 3.15. The SMILES string of the molecule is COc1ccccc1N1CCC(NC(=O)N2CC[C@@H]3OCC(=O)N[C@H]3C2)C1. The minimum absolute atomic E-state index is 0.0132. The highest BCUT2D eigenvalue weighted by atomic mass is 16.5. The van der Waals surface area contributed by atoms with Crippen molar-refractivity contribution in [1.82, 2.24) is 15.5 Å². The van der Waals surface area contributed by atoms with E-state index < -0.39 is 0 Å². The van der Waals surface area contributed by atoms with Crippen LogP contribution in [-0.4, -0.2) is 74.9 Å². The molecule has 8 heteroatoms. The minimum Gasteiger partial charge on any atom is -0.495 e. The van der Waals surface area contributed by atoms with Gasteiger partial charge in [-0.25, -0.2) is 4.79 Å². The Bertz CT molecular complexity index is 713. The maximum atomic E-state index is 12.7. The number of piperidine rings is 1. The predicted octanol–water partition coefficient (Wildman–Crippen LogP) is 0.573. The van der Waals surface area contributed by atoms with E-state index in [1.807, 2.05) is 24.3 Å². The smallest absolute Gasteiger partial charge is 0.317 e. The van der Waals surface area contributed by atoms with E-state index in [0.29, 0.717) is 13.1 Å². The molecule has 1 aromatic rings. The molecule has 1 aromatic carbocycles. The highest BCUT2D eigenvalue weighted by Crippen LogP contribution is 2.30. The molecule has 0 aromatic heterocycles. The lowest BCUT2D eigenvalue weighted by Gasteiger charge is -2.41. The fourth-order valence-corrected chi connectivity index (χ4v) is 4.14. The zero-order valence-electron chi connectivity index (χ0n) is 15.5. The van der Waals surface area contributed by atoms with Gasteiger partial charge in [0, 0.05) is 32.2 Å². The van der Waals surface area contributed by atoms with E-state index in [-0.39, 0.29) is 36.7 Å². The number of nitrogens with one attached hydrogen (secondary N) is 2. The fourth-order valence-electron chi connectivity index (χ4n) is 4.14. The van der Waals surface area contributed by atoms with Crippen LogP contribution in [0.5, 0.6) is 5.75 Å². The Morgan fingerprint density at radius 2 is 2.11 bits per heavy atom. The van der Waals surface area contributed by atoms with Gasteiger partial charge in [0.2, 0.25) is 5.91 Å². The average molecular weight is 374 g/mol. The molecule has 27 heavy (non-hydrogen) atoms. The molecule has 3 amide bonds. The summed E-state index contributed by atoms with van der Waals surface area (Å²) in [5.41, 5.74) is 1.06. The molecule has 0 radical (unpaired) electrons. The first-order valence-corrected chi connectivity index (χ1v) is 9.48. The number of methoxy groups -OCH3 is 1. The van der Waals surface area contributed by atoms with Crippen molar-refractivity contribution in [2.75, 3.05) is 44.8 Å². The molecular formula is C19H26N4O4. The van der Waals surface area contributed by atoms with Crippen LogP contribution < -0.4 is 20.3 Å². The quantitative estimate of drug-likeness (QED) is 0.808. The highest BCUT2D eigenvalue weighted by Gasteiger charge is 2.37. The summed E-state index contributed by atoms with van der Waals surface area (Å²) in [5, 5.41) is 6.07. The molecular weight excluding hydrogens is 348 g/mol. The Hall–Kier alpha value is -2.48. The number of morpholine rings is 1. The maximum absolute atomic E-state index is 12.7. The van der Waals surface area contributed by atoms with Crippen LogP contribution in [0.4, 0.5) is 10.5 Å². The monoisotopic (exact) mass is 374 g/mol. The normalized spacial score (nSPS) is 27.7. The van der Waals surface area contributed by atoms with E-state index in [0.717, 1.165) is 37.4 Å². The van der Waals surface area contributed by atoms with Crippen LogP contribution in [0.1, 0.15) is 12.8 Å². The summed E-state index contributed by atoms with van der Waals surface area (Å²) >= 11 is 0. The van der Waals surface area contributed by atoms with Crippen molar-refractivity contribution in [3.05, 3.63) is 24.3 Å². The van der Waals surface area contributed by atoms with Crippen LogP contribution in [0.2, 0.25) is 0 Å². The first-order chi connectivity index (χ1) is 13.1. The largest absolute Gasteiger partial charge is 0.495 e. The van der Waals surface area contributed by atoms with Gasteiger partial charge >= 0.3 is 6.03 Å². The standard InChI is InChI=1S/C19H26N4O4/c1-26-17-5-3-2-4-15(17)22-8-6-13(10-22)20-19(25)23-9-7-16-14(11-23)21-18(24)12-27-16/h2-5,13-14,16H,6-12H2,1H3,(H,20,25)(H,21,24)/t13?,14-,16-/m0/s1. The molecule has 2 N–H and O–H groups in total. The number of ether oxygens (including phenoxy) is 2. The van der Waals surface area contributed by atoms with E-state index in [4.69, 9.17) is 9.47 Å². The summed E-state index contributed by atoms with van der Waals surface area (Å²) in [5.74, 6) is 0.737. The number of urea groups is 1. The number of hydrogen-bond donors (Lipinski definition) is 2. The van der Waals surface area contributed by atoms with Crippen LogP contribution in [-0.2, 0) is 9.53 Å². The van der Waals surface area contributed by atoms with Crippen LogP contribution in [0.3, 0.4) is 0 Å². The second-order valence-corrected chi connectivity index (χ2v) is 7.31. The lowest BCUT2D eigenvalue weighted by atomic mass is 10.0. The van der Waals surface area contributed by atoms with Gasteiger partial charge in [-0.3, -0.25) is 4.79 Å². The highest BCUT2D eigenvalue weighted by molar-refractivity contribution is 5.79. The van der Waals surface area contributed by atoms with Crippen LogP contribution in [0.25, 0.3) is 0 Å². The number of carbonyl (C=O) groups is 2. The van der Waals surface area contributed by atoms with E-state index in [1.54, 1.807) is 12.0 Å². The first-order valence-electron chi connectivity index (χ1n) is 9.48. The number of carbonyl (C=O) groups excluding carboxylic acids is 2. The molecule has 0 saturated carbocycles. The molecule has 8 nitrogen and oxygen atoms in total. The van der Waals surface area contributed by atoms with Gasteiger partial charge in [0.05, 0.1) is 24.9 Å². The van der Waals surface area contributed by atoms with Gasteiger partial charge in [0.25, 0.3) is 0 Å².